The van der Waals surface area contributed by atoms with Crippen LogP contribution < -0.4 is 0 Å². The molecule has 1 aromatic heterocycles. The Labute approximate surface area is 146 Å². The predicted molar refractivity (Wildman–Crippen MR) is 96.7 cm³/mol. The van der Waals surface area contributed by atoms with Crippen molar-refractivity contribution in [1.29, 1.82) is 0 Å². The Morgan fingerprint density at radius 3 is 2.71 bits per heavy atom. The number of benzene rings is 1. The molecular weight excluding hydrogens is 324 g/mol. The van der Waals surface area contributed by atoms with E-state index in [1.807, 2.05) is 26.0 Å². The van der Waals surface area contributed by atoms with Crippen LogP contribution in [0.25, 0.3) is 0 Å². The second-order valence-corrected chi connectivity index (χ2v) is 7.14. The molecule has 0 fully saturated rings. The molecular formula is C18H22N2O3S. The average Bonchev–Trinajstić information content (AvgIpc) is 2.94. The summed E-state index contributed by atoms with van der Waals surface area (Å²) < 4.78 is 0. The van der Waals surface area contributed by atoms with E-state index >= 15 is 0 Å². The second-order valence-electron chi connectivity index (χ2n) is 5.89. The number of aryl methyl sites for hydroxylation is 2. The number of hydrogen-bond donors (Lipinski definition) is 0. The molecule has 0 aliphatic carbocycles. The lowest BCUT2D eigenvalue weighted by Crippen LogP contribution is -2.29. The van der Waals surface area contributed by atoms with Crippen LogP contribution in [0.15, 0.2) is 30.3 Å². The molecule has 0 saturated heterocycles. The third-order valence-electron chi connectivity index (χ3n) is 4.22. The number of nitrogens with zero attached hydrogens (tertiary/aromatic N) is 2. The molecule has 1 atom stereocenters. The molecule has 0 aliphatic heterocycles. The van der Waals surface area contributed by atoms with Gasteiger partial charge in [0.2, 0.25) is 0 Å². The van der Waals surface area contributed by atoms with E-state index < -0.39 is 4.92 Å². The summed E-state index contributed by atoms with van der Waals surface area (Å²) in [6.45, 7) is 6.04. The van der Waals surface area contributed by atoms with Gasteiger partial charge in [-0.1, -0.05) is 25.5 Å². The average molecular weight is 346 g/mol. The Morgan fingerprint density at radius 1 is 1.38 bits per heavy atom. The van der Waals surface area contributed by atoms with Crippen molar-refractivity contribution in [3.05, 3.63) is 61.3 Å². The number of carbonyl (C=O) groups excluding carboxylic acids is 1. The van der Waals surface area contributed by atoms with Gasteiger partial charge in [0, 0.05) is 24.1 Å². The fourth-order valence-electron chi connectivity index (χ4n) is 2.61. The van der Waals surface area contributed by atoms with Crippen molar-refractivity contribution in [2.24, 2.45) is 0 Å². The minimum absolute atomic E-state index is 0.0393. The Kier molecular flexibility index (Phi) is 5.72. The smallest absolute Gasteiger partial charge is 0.269 e. The highest BCUT2D eigenvalue weighted by Gasteiger charge is 2.22. The second kappa shape index (κ2) is 7.57. The summed E-state index contributed by atoms with van der Waals surface area (Å²) in [5.41, 5.74) is 2.02. The molecule has 0 radical (unpaired) electrons. The van der Waals surface area contributed by atoms with Crippen LogP contribution in [0.3, 0.4) is 0 Å². The maximum atomic E-state index is 12.8. The number of carbonyl (C=O) groups is 1. The molecule has 5 nitrogen and oxygen atoms in total. The normalized spacial score (nSPS) is 12.0. The molecule has 0 aliphatic rings. The lowest BCUT2D eigenvalue weighted by Gasteiger charge is -2.24. The summed E-state index contributed by atoms with van der Waals surface area (Å²) in [6, 6.07) is 8.17. The van der Waals surface area contributed by atoms with Crippen LogP contribution in [-0.2, 0) is 6.42 Å². The first-order valence-electron chi connectivity index (χ1n) is 7.96. The molecule has 0 spiro atoms. The third kappa shape index (κ3) is 3.82. The van der Waals surface area contributed by atoms with E-state index in [-0.39, 0.29) is 17.6 Å². The van der Waals surface area contributed by atoms with Crippen LogP contribution in [0.4, 0.5) is 5.69 Å². The fourth-order valence-corrected chi connectivity index (χ4v) is 3.67. The first-order chi connectivity index (χ1) is 11.3. The number of rotatable bonds is 6. The van der Waals surface area contributed by atoms with Crippen molar-refractivity contribution in [3.63, 3.8) is 0 Å². The molecule has 128 valence electrons. The molecule has 2 aromatic rings. The van der Waals surface area contributed by atoms with Crippen molar-refractivity contribution < 1.29 is 9.72 Å². The topological polar surface area (TPSA) is 63.5 Å². The highest BCUT2D eigenvalue weighted by molar-refractivity contribution is 7.14. The molecule has 1 heterocycles. The summed E-state index contributed by atoms with van der Waals surface area (Å²) in [4.78, 5) is 26.8. The Hall–Kier alpha value is -2.21. The zero-order chi connectivity index (χ0) is 17.9. The van der Waals surface area contributed by atoms with E-state index in [1.165, 1.54) is 33.9 Å². The Morgan fingerprint density at radius 2 is 2.08 bits per heavy atom. The van der Waals surface area contributed by atoms with Crippen LogP contribution >= 0.6 is 11.3 Å². The minimum atomic E-state index is -0.419. The zero-order valence-electron chi connectivity index (χ0n) is 14.4. The van der Waals surface area contributed by atoms with Gasteiger partial charge < -0.3 is 4.90 Å². The number of non-ortho nitro benzene ring substituents is 1. The molecule has 1 amide bonds. The number of hydrogen-bond acceptors (Lipinski definition) is 4. The summed E-state index contributed by atoms with van der Waals surface area (Å²) in [7, 11) is 1.74. The van der Waals surface area contributed by atoms with Gasteiger partial charge in [-0.2, -0.15) is 0 Å². The van der Waals surface area contributed by atoms with Crippen molar-refractivity contribution in [2.75, 3.05) is 7.05 Å². The summed E-state index contributed by atoms with van der Waals surface area (Å²) in [6.07, 6.45) is 2.02. The Bertz CT molecular complexity index is 754. The maximum absolute atomic E-state index is 12.8. The van der Waals surface area contributed by atoms with E-state index in [2.05, 4.69) is 6.92 Å². The van der Waals surface area contributed by atoms with Gasteiger partial charge in [-0.05, 0) is 37.5 Å². The van der Waals surface area contributed by atoms with Crippen molar-refractivity contribution >= 4 is 22.9 Å². The number of amides is 1. The molecule has 24 heavy (non-hydrogen) atoms. The predicted octanol–water partition coefficient (Wildman–Crippen LogP) is 4.75. The van der Waals surface area contributed by atoms with E-state index in [9.17, 15) is 14.9 Å². The molecule has 1 aromatic carbocycles. The summed E-state index contributed by atoms with van der Waals surface area (Å²) in [5, 5.41) is 10.9. The number of nitro benzene ring substituents is 1. The van der Waals surface area contributed by atoms with E-state index in [0.717, 1.165) is 23.3 Å². The number of thiophene rings is 1. The fraction of sp³-hybridized carbons (Fsp3) is 0.389. The van der Waals surface area contributed by atoms with Crippen molar-refractivity contribution in [2.45, 2.75) is 39.7 Å². The third-order valence-corrected chi connectivity index (χ3v) is 5.30. The van der Waals surface area contributed by atoms with Gasteiger partial charge >= 0.3 is 0 Å². The maximum Gasteiger partial charge on any atom is 0.269 e. The Balaban J connectivity index is 2.22. The first-order valence-corrected chi connectivity index (χ1v) is 8.77. The summed E-state index contributed by atoms with van der Waals surface area (Å²) >= 11 is 1.51. The highest BCUT2D eigenvalue weighted by Crippen LogP contribution is 2.28. The minimum Gasteiger partial charge on any atom is -0.334 e. The standard InChI is InChI=1S/C18H22N2O3S/c1-5-7-15-11-17(24-13(15)3)18(21)19(4)12(2)14-8-6-9-16(10-14)20(22)23/h6,8-12H,5,7H2,1-4H3/t12-/m0/s1. The molecule has 2 rings (SSSR count). The first kappa shape index (κ1) is 18.1. The van der Waals surface area contributed by atoms with Gasteiger partial charge in [0.25, 0.3) is 11.6 Å². The van der Waals surface area contributed by atoms with Crippen molar-refractivity contribution in [1.82, 2.24) is 4.90 Å². The van der Waals surface area contributed by atoms with Gasteiger partial charge in [-0.3, -0.25) is 14.9 Å². The van der Waals surface area contributed by atoms with Crippen LogP contribution in [0, 0.1) is 17.0 Å². The molecule has 0 unspecified atom stereocenters. The quantitative estimate of drug-likeness (QED) is 0.560. The summed E-state index contributed by atoms with van der Waals surface area (Å²) in [5.74, 6) is -0.0514. The van der Waals surface area contributed by atoms with Gasteiger partial charge in [-0.25, -0.2) is 0 Å². The van der Waals surface area contributed by atoms with Crippen LogP contribution in [0.5, 0.6) is 0 Å². The SMILES string of the molecule is CCCc1cc(C(=O)N(C)[C@@H](C)c2cccc([N+](=O)[O-])c2)sc1C. The van der Waals surface area contributed by atoms with Crippen LogP contribution in [-0.4, -0.2) is 22.8 Å². The molecule has 0 bridgehead atoms. The van der Waals surface area contributed by atoms with E-state index in [1.54, 1.807) is 18.0 Å². The molecule has 0 N–H and O–H groups in total. The van der Waals surface area contributed by atoms with Gasteiger partial charge in [0.1, 0.15) is 0 Å². The van der Waals surface area contributed by atoms with Gasteiger partial charge in [-0.15, -0.1) is 11.3 Å². The van der Waals surface area contributed by atoms with Crippen molar-refractivity contribution in [3.8, 4) is 0 Å². The molecule has 0 saturated carbocycles. The lowest BCUT2D eigenvalue weighted by atomic mass is 10.1. The highest BCUT2D eigenvalue weighted by atomic mass is 32.1. The zero-order valence-corrected chi connectivity index (χ0v) is 15.2. The van der Waals surface area contributed by atoms with Crippen LogP contribution in [0.2, 0.25) is 0 Å². The van der Waals surface area contributed by atoms with Gasteiger partial charge in [0.05, 0.1) is 15.8 Å². The largest absolute Gasteiger partial charge is 0.334 e. The van der Waals surface area contributed by atoms with Crippen LogP contribution in [0.1, 0.15) is 52.0 Å². The van der Waals surface area contributed by atoms with Gasteiger partial charge in [0.15, 0.2) is 0 Å². The van der Waals surface area contributed by atoms with E-state index in [0.29, 0.717) is 0 Å². The molecule has 6 heteroatoms. The van der Waals surface area contributed by atoms with E-state index in [4.69, 9.17) is 0 Å². The lowest BCUT2D eigenvalue weighted by molar-refractivity contribution is -0.384. The monoisotopic (exact) mass is 346 g/mol. The number of nitro groups is 1.